The van der Waals surface area contributed by atoms with Gasteiger partial charge in [-0.15, -0.1) is 0 Å². The van der Waals surface area contributed by atoms with E-state index in [4.69, 9.17) is 5.11 Å². The molecular formula is C21H14F6O6. The fourth-order valence-corrected chi connectivity index (χ4v) is 3.50. The average Bonchev–Trinajstić information content (AvgIpc) is 2.65. The molecular weight excluding hydrogens is 462 g/mol. The summed E-state index contributed by atoms with van der Waals surface area (Å²) in [4.78, 5) is 46.2. The van der Waals surface area contributed by atoms with Crippen molar-refractivity contribution in [1.82, 2.24) is 0 Å². The number of alkyl halides is 6. The molecule has 0 spiro atoms. The van der Waals surface area contributed by atoms with Gasteiger partial charge in [0, 0.05) is 11.1 Å². The van der Waals surface area contributed by atoms with Crippen molar-refractivity contribution in [1.29, 1.82) is 0 Å². The van der Waals surface area contributed by atoms with Crippen LogP contribution in [0.2, 0.25) is 0 Å². The van der Waals surface area contributed by atoms with Crippen molar-refractivity contribution >= 4 is 23.5 Å². The number of ketones is 2. The first-order chi connectivity index (χ1) is 15.0. The molecule has 0 aliphatic rings. The molecule has 0 aliphatic heterocycles. The molecule has 2 aromatic rings. The second-order valence-electron chi connectivity index (χ2n) is 6.99. The van der Waals surface area contributed by atoms with E-state index in [-0.39, 0.29) is 18.2 Å². The average molecular weight is 476 g/mol. The lowest BCUT2D eigenvalue weighted by atomic mass is 9.71. The highest BCUT2D eigenvalue weighted by atomic mass is 19.4. The summed E-state index contributed by atoms with van der Waals surface area (Å²) in [6, 6.07) is 1.82. The summed E-state index contributed by atoms with van der Waals surface area (Å²) in [6.07, 6.45) is -12.3. The second-order valence-corrected chi connectivity index (χ2v) is 6.99. The van der Waals surface area contributed by atoms with Gasteiger partial charge in [0.25, 0.3) is 0 Å². The Morgan fingerprint density at radius 1 is 0.606 bits per heavy atom. The Bertz CT molecular complexity index is 1070. The number of halogens is 6. The lowest BCUT2D eigenvalue weighted by molar-refractivity contribution is -0.288. The van der Waals surface area contributed by atoms with E-state index in [1.165, 1.54) is 0 Å². The van der Waals surface area contributed by atoms with Gasteiger partial charge in [-0.3, -0.25) is 9.59 Å². The van der Waals surface area contributed by atoms with Crippen LogP contribution in [0.1, 0.15) is 66.4 Å². The van der Waals surface area contributed by atoms with Crippen molar-refractivity contribution in [3.05, 3.63) is 69.8 Å². The van der Waals surface area contributed by atoms with Crippen molar-refractivity contribution in [2.45, 2.75) is 31.6 Å². The third-order valence-corrected chi connectivity index (χ3v) is 4.97. The molecule has 0 saturated heterocycles. The van der Waals surface area contributed by atoms with Crippen LogP contribution in [-0.4, -0.2) is 46.1 Å². The topological polar surface area (TPSA) is 109 Å². The number of carboxylic acid groups (broad SMARTS) is 2. The molecule has 176 valence electrons. The van der Waals surface area contributed by atoms with Gasteiger partial charge in [0.1, 0.15) is 0 Å². The Morgan fingerprint density at radius 3 is 1.30 bits per heavy atom. The van der Waals surface area contributed by atoms with E-state index in [9.17, 15) is 50.6 Å². The van der Waals surface area contributed by atoms with E-state index in [2.05, 4.69) is 0 Å². The maximum Gasteiger partial charge on any atom is 0.411 e. The van der Waals surface area contributed by atoms with Crippen molar-refractivity contribution in [3.63, 3.8) is 0 Å². The molecule has 12 heteroatoms. The van der Waals surface area contributed by atoms with Gasteiger partial charge in [0.15, 0.2) is 11.6 Å². The van der Waals surface area contributed by atoms with Gasteiger partial charge >= 0.3 is 24.3 Å². The molecule has 2 aromatic carbocycles. The Morgan fingerprint density at radius 2 is 0.970 bits per heavy atom. The van der Waals surface area contributed by atoms with Crippen LogP contribution in [0.3, 0.4) is 0 Å². The molecule has 0 saturated carbocycles. The summed E-state index contributed by atoms with van der Waals surface area (Å²) >= 11 is 0. The first-order valence-corrected chi connectivity index (χ1v) is 8.87. The third-order valence-electron chi connectivity index (χ3n) is 4.97. The maximum absolute atomic E-state index is 14.3. The van der Waals surface area contributed by atoms with Crippen molar-refractivity contribution in [2.24, 2.45) is 0 Å². The van der Waals surface area contributed by atoms with Crippen LogP contribution in [0.4, 0.5) is 26.3 Å². The lowest BCUT2D eigenvalue weighted by Gasteiger charge is -2.38. The van der Waals surface area contributed by atoms with Crippen LogP contribution in [0.15, 0.2) is 36.4 Å². The van der Waals surface area contributed by atoms with E-state index in [0.29, 0.717) is 18.2 Å². The zero-order chi connectivity index (χ0) is 25.5. The lowest BCUT2D eigenvalue weighted by Crippen LogP contribution is -2.55. The molecule has 0 aromatic heterocycles. The van der Waals surface area contributed by atoms with Crippen LogP contribution >= 0.6 is 0 Å². The first kappa shape index (κ1) is 25.6. The van der Waals surface area contributed by atoms with Crippen LogP contribution in [-0.2, 0) is 5.41 Å². The van der Waals surface area contributed by atoms with E-state index in [1.807, 2.05) is 0 Å². The van der Waals surface area contributed by atoms with Gasteiger partial charge in [-0.05, 0) is 43.2 Å². The minimum atomic E-state index is -6.13. The quantitative estimate of drug-likeness (QED) is 0.454. The number of carbonyl (C=O) groups excluding carboxylic acids is 2. The van der Waals surface area contributed by atoms with Gasteiger partial charge in [-0.1, -0.05) is 18.2 Å². The second kappa shape index (κ2) is 8.34. The van der Waals surface area contributed by atoms with Crippen molar-refractivity contribution in [2.75, 3.05) is 0 Å². The summed E-state index contributed by atoms with van der Waals surface area (Å²) < 4.78 is 85.7. The van der Waals surface area contributed by atoms with Crippen molar-refractivity contribution in [3.8, 4) is 0 Å². The number of rotatable bonds is 6. The Hall–Kier alpha value is -3.70. The number of Topliss-reactive ketones (excluding diaryl/α,β-unsaturated/α-hetero) is 2. The highest BCUT2D eigenvalue weighted by molar-refractivity contribution is 6.06. The van der Waals surface area contributed by atoms with Crippen LogP contribution in [0.5, 0.6) is 0 Å². The molecule has 0 fully saturated rings. The molecule has 6 nitrogen and oxygen atoms in total. The van der Waals surface area contributed by atoms with E-state index >= 15 is 0 Å². The minimum Gasteiger partial charge on any atom is -0.478 e. The monoisotopic (exact) mass is 476 g/mol. The molecule has 2 N–H and O–H groups in total. The first-order valence-electron chi connectivity index (χ1n) is 8.87. The van der Waals surface area contributed by atoms with Crippen LogP contribution in [0, 0.1) is 0 Å². The zero-order valence-electron chi connectivity index (χ0n) is 16.8. The fraction of sp³-hybridized carbons (Fsp3) is 0.238. The standard InChI is InChI=1S/C21H14F6O6/c1-9(28)13-5-3-12(8-16(13)18(32)33)19(20(22,23)24,21(25,26)27)11-4-6-14(17(30)31)15(7-11)10(2)29/h3-8H,1-2H3,(H,30,31)(H,32,33). The van der Waals surface area contributed by atoms with Crippen LogP contribution < -0.4 is 0 Å². The number of carbonyl (C=O) groups is 4. The molecule has 0 unspecified atom stereocenters. The SMILES string of the molecule is CC(=O)c1cc(C(c2ccc(C(C)=O)c(C(=O)O)c2)(C(F)(F)F)C(F)(F)F)ccc1C(=O)O. The summed E-state index contributed by atoms with van der Waals surface area (Å²) in [5.41, 5.74) is -11.4. The molecule has 33 heavy (non-hydrogen) atoms. The molecule has 0 aliphatic carbocycles. The predicted octanol–water partition coefficient (Wildman–Crippen LogP) is 4.90. The molecule has 0 atom stereocenters. The molecule has 0 radical (unpaired) electrons. The number of hydrogen-bond acceptors (Lipinski definition) is 4. The Balaban J connectivity index is 3.10. The zero-order valence-corrected chi connectivity index (χ0v) is 16.8. The van der Waals surface area contributed by atoms with E-state index in [1.54, 1.807) is 0 Å². The van der Waals surface area contributed by atoms with Crippen molar-refractivity contribution < 1.29 is 55.7 Å². The molecule has 0 heterocycles. The summed E-state index contributed by atoms with van der Waals surface area (Å²) in [5, 5.41) is 18.4. The predicted molar refractivity (Wildman–Crippen MR) is 99.7 cm³/mol. The fourth-order valence-electron chi connectivity index (χ4n) is 3.50. The highest BCUT2D eigenvalue weighted by Crippen LogP contribution is 2.56. The number of carboxylic acids is 2. The Kier molecular flexibility index (Phi) is 6.46. The number of benzene rings is 2. The van der Waals surface area contributed by atoms with Gasteiger partial charge in [-0.2, -0.15) is 26.3 Å². The molecule has 2 rings (SSSR count). The number of aromatic carboxylic acids is 2. The van der Waals surface area contributed by atoms with Gasteiger partial charge in [0.05, 0.1) is 11.1 Å². The normalized spacial score (nSPS) is 12.4. The van der Waals surface area contributed by atoms with Gasteiger partial charge in [-0.25, -0.2) is 9.59 Å². The smallest absolute Gasteiger partial charge is 0.411 e. The minimum absolute atomic E-state index is 0.0958. The largest absolute Gasteiger partial charge is 0.478 e. The summed E-state index contributed by atoms with van der Waals surface area (Å²) in [6.45, 7) is 1.64. The van der Waals surface area contributed by atoms with E-state index in [0.717, 1.165) is 13.8 Å². The highest BCUT2D eigenvalue weighted by Gasteiger charge is 2.72. The summed E-state index contributed by atoms with van der Waals surface area (Å²) in [7, 11) is 0. The van der Waals surface area contributed by atoms with Gasteiger partial charge in [0.2, 0.25) is 5.41 Å². The number of hydrogen-bond donors (Lipinski definition) is 2. The van der Waals surface area contributed by atoms with Gasteiger partial charge < -0.3 is 10.2 Å². The molecule has 0 bridgehead atoms. The maximum atomic E-state index is 14.3. The third kappa shape index (κ3) is 4.20. The van der Waals surface area contributed by atoms with Crippen LogP contribution in [0.25, 0.3) is 0 Å². The molecule has 0 amide bonds. The van der Waals surface area contributed by atoms with E-state index < -0.39 is 74.7 Å². The summed E-state index contributed by atoms with van der Waals surface area (Å²) in [5.74, 6) is -5.71. The Labute approximate surface area is 181 Å².